The van der Waals surface area contributed by atoms with E-state index >= 15 is 0 Å². The summed E-state index contributed by atoms with van der Waals surface area (Å²) in [5.41, 5.74) is 3.08. The first-order valence-electron chi connectivity index (χ1n) is 8.10. The highest BCUT2D eigenvalue weighted by atomic mass is 14.9. The van der Waals surface area contributed by atoms with Crippen LogP contribution in [0.25, 0.3) is 0 Å². The Hall–Kier alpha value is -0.720. The van der Waals surface area contributed by atoms with Gasteiger partial charge >= 0.3 is 0 Å². The van der Waals surface area contributed by atoms with Crippen LogP contribution in [0.5, 0.6) is 0 Å². The van der Waals surface area contributed by atoms with E-state index in [1.165, 1.54) is 89.3 Å². The molecule has 1 heterocycles. The van der Waals surface area contributed by atoms with Gasteiger partial charge in [-0.25, -0.2) is 0 Å². The Labute approximate surface area is 113 Å². The summed E-state index contributed by atoms with van der Waals surface area (Å²) in [5, 5.41) is 3.69. The lowest BCUT2D eigenvalue weighted by molar-refractivity contribution is 0.624. The summed E-state index contributed by atoms with van der Waals surface area (Å²) in [6.45, 7) is 1.17. The van der Waals surface area contributed by atoms with E-state index in [4.69, 9.17) is 0 Å². The standard InChI is InChI=1S/C17H29N/c1-2-5-9-13-16(12-8-4-1)17-14-10-6-3-7-11-15-18-17/h12,14,18H,1-11,13,15H2/b16-12+,17-14-. The fourth-order valence-corrected chi connectivity index (χ4v) is 3.02. The molecule has 2 aliphatic rings. The second-order valence-electron chi connectivity index (χ2n) is 5.78. The Morgan fingerprint density at radius 1 is 0.667 bits per heavy atom. The van der Waals surface area contributed by atoms with Gasteiger partial charge in [0.2, 0.25) is 0 Å². The molecule has 0 atom stereocenters. The largest absolute Gasteiger partial charge is 0.385 e. The Bertz CT molecular complexity index is 258. The Morgan fingerprint density at radius 2 is 1.33 bits per heavy atom. The van der Waals surface area contributed by atoms with Crippen LogP contribution in [0.1, 0.15) is 77.0 Å². The van der Waals surface area contributed by atoms with Gasteiger partial charge in [-0.3, -0.25) is 0 Å². The van der Waals surface area contributed by atoms with Crippen LogP contribution in [0.15, 0.2) is 23.4 Å². The maximum absolute atomic E-state index is 3.69. The van der Waals surface area contributed by atoms with Crippen molar-refractivity contribution < 1.29 is 0 Å². The van der Waals surface area contributed by atoms with Crippen molar-refractivity contribution in [1.29, 1.82) is 0 Å². The number of rotatable bonds is 1. The zero-order valence-corrected chi connectivity index (χ0v) is 11.8. The van der Waals surface area contributed by atoms with Crippen molar-refractivity contribution in [3.8, 4) is 0 Å². The fourth-order valence-electron chi connectivity index (χ4n) is 3.02. The van der Waals surface area contributed by atoms with Crippen molar-refractivity contribution in [2.24, 2.45) is 0 Å². The summed E-state index contributed by atoms with van der Waals surface area (Å²) in [4.78, 5) is 0. The van der Waals surface area contributed by atoms with E-state index in [0.29, 0.717) is 0 Å². The molecular formula is C17H29N. The van der Waals surface area contributed by atoms with Crippen LogP contribution < -0.4 is 5.32 Å². The van der Waals surface area contributed by atoms with E-state index in [9.17, 15) is 0 Å². The van der Waals surface area contributed by atoms with Gasteiger partial charge in [0.05, 0.1) is 0 Å². The highest BCUT2D eigenvalue weighted by molar-refractivity contribution is 5.29. The molecule has 2 rings (SSSR count). The van der Waals surface area contributed by atoms with E-state index in [2.05, 4.69) is 17.5 Å². The molecule has 1 nitrogen and oxygen atoms in total. The zero-order valence-electron chi connectivity index (χ0n) is 11.8. The second-order valence-corrected chi connectivity index (χ2v) is 5.78. The summed E-state index contributed by atoms with van der Waals surface area (Å²) < 4.78 is 0. The lowest BCUT2D eigenvalue weighted by Crippen LogP contribution is -2.16. The minimum atomic E-state index is 1.17. The van der Waals surface area contributed by atoms with Gasteiger partial charge in [-0.2, -0.15) is 0 Å². The molecule has 0 aromatic heterocycles. The van der Waals surface area contributed by atoms with Crippen LogP contribution in [-0.4, -0.2) is 6.54 Å². The molecule has 18 heavy (non-hydrogen) atoms. The van der Waals surface area contributed by atoms with Gasteiger partial charge < -0.3 is 5.32 Å². The van der Waals surface area contributed by atoms with Gasteiger partial charge in [0.25, 0.3) is 0 Å². The van der Waals surface area contributed by atoms with Crippen LogP contribution in [0.3, 0.4) is 0 Å². The fraction of sp³-hybridized carbons (Fsp3) is 0.765. The predicted octanol–water partition coefficient (Wildman–Crippen LogP) is 5.09. The molecular weight excluding hydrogens is 218 g/mol. The first-order valence-corrected chi connectivity index (χ1v) is 8.10. The molecule has 0 radical (unpaired) electrons. The van der Waals surface area contributed by atoms with Crippen molar-refractivity contribution in [1.82, 2.24) is 5.32 Å². The molecule has 0 amide bonds. The van der Waals surface area contributed by atoms with Crippen LogP contribution in [-0.2, 0) is 0 Å². The molecule has 0 saturated heterocycles. The maximum atomic E-state index is 3.69. The van der Waals surface area contributed by atoms with Crippen LogP contribution in [0.4, 0.5) is 0 Å². The number of hydrogen-bond acceptors (Lipinski definition) is 1. The van der Waals surface area contributed by atoms with Crippen molar-refractivity contribution >= 4 is 0 Å². The molecule has 0 saturated carbocycles. The van der Waals surface area contributed by atoms with E-state index in [1.54, 1.807) is 5.57 Å². The summed E-state index contributed by atoms with van der Waals surface area (Å²) in [7, 11) is 0. The van der Waals surface area contributed by atoms with Gasteiger partial charge in [-0.05, 0) is 50.5 Å². The molecule has 0 spiro atoms. The average molecular weight is 247 g/mol. The minimum Gasteiger partial charge on any atom is -0.385 e. The Morgan fingerprint density at radius 3 is 2.22 bits per heavy atom. The van der Waals surface area contributed by atoms with Crippen molar-refractivity contribution in [2.75, 3.05) is 6.54 Å². The van der Waals surface area contributed by atoms with Crippen LogP contribution in [0, 0.1) is 0 Å². The summed E-state index contributed by atoms with van der Waals surface area (Å²) >= 11 is 0. The SMILES string of the molecule is C1=C(/C2=C/CCCCCCC2)NCCCCCC/1. The topological polar surface area (TPSA) is 12.0 Å². The van der Waals surface area contributed by atoms with E-state index in [0.717, 1.165) is 0 Å². The first kappa shape index (κ1) is 13.7. The Kier molecular flexibility index (Phi) is 6.39. The van der Waals surface area contributed by atoms with Crippen LogP contribution in [0.2, 0.25) is 0 Å². The minimum absolute atomic E-state index is 1.17. The lowest BCUT2D eigenvalue weighted by Gasteiger charge is -2.14. The predicted molar refractivity (Wildman–Crippen MR) is 79.6 cm³/mol. The number of allylic oxidation sites excluding steroid dienone is 3. The third-order valence-electron chi connectivity index (χ3n) is 4.18. The van der Waals surface area contributed by atoms with E-state index in [1.807, 2.05) is 0 Å². The molecule has 1 N–H and O–H groups in total. The molecule has 0 fully saturated rings. The Balaban J connectivity index is 1.99. The van der Waals surface area contributed by atoms with Gasteiger partial charge in [-0.15, -0.1) is 0 Å². The van der Waals surface area contributed by atoms with Crippen LogP contribution >= 0.6 is 0 Å². The van der Waals surface area contributed by atoms with Gasteiger partial charge in [0, 0.05) is 12.2 Å². The number of hydrogen-bond donors (Lipinski definition) is 1. The molecule has 1 aliphatic carbocycles. The molecule has 0 aromatic rings. The second kappa shape index (κ2) is 8.39. The quantitative estimate of drug-likeness (QED) is 0.680. The molecule has 1 heteroatoms. The summed E-state index contributed by atoms with van der Waals surface area (Å²) in [6, 6.07) is 0. The van der Waals surface area contributed by atoms with Gasteiger partial charge in [0.15, 0.2) is 0 Å². The van der Waals surface area contributed by atoms with E-state index in [-0.39, 0.29) is 0 Å². The lowest BCUT2D eigenvalue weighted by atomic mass is 10.0. The molecule has 1 aliphatic heterocycles. The highest BCUT2D eigenvalue weighted by Crippen LogP contribution is 2.22. The van der Waals surface area contributed by atoms with Crippen molar-refractivity contribution in [2.45, 2.75) is 77.0 Å². The zero-order chi connectivity index (χ0) is 12.5. The maximum Gasteiger partial charge on any atom is 0.0328 e. The summed E-state index contributed by atoms with van der Waals surface area (Å²) in [5.74, 6) is 0. The molecule has 0 aromatic carbocycles. The third-order valence-corrected chi connectivity index (χ3v) is 4.18. The average Bonchev–Trinajstić information content (AvgIpc) is 2.61. The van der Waals surface area contributed by atoms with E-state index < -0.39 is 0 Å². The first-order chi connectivity index (χ1) is 8.97. The molecule has 0 bridgehead atoms. The third kappa shape index (κ3) is 4.88. The monoisotopic (exact) mass is 247 g/mol. The number of nitrogens with one attached hydrogen (secondary N) is 1. The molecule has 102 valence electrons. The molecule has 0 unspecified atom stereocenters. The summed E-state index contributed by atoms with van der Waals surface area (Å²) in [6.07, 6.45) is 21.4. The van der Waals surface area contributed by atoms with Gasteiger partial charge in [-0.1, -0.05) is 44.3 Å². The highest BCUT2D eigenvalue weighted by Gasteiger charge is 2.07. The van der Waals surface area contributed by atoms with Crippen molar-refractivity contribution in [3.05, 3.63) is 23.4 Å². The van der Waals surface area contributed by atoms with Gasteiger partial charge in [0.1, 0.15) is 0 Å². The van der Waals surface area contributed by atoms with Crippen molar-refractivity contribution in [3.63, 3.8) is 0 Å². The smallest absolute Gasteiger partial charge is 0.0328 e. The normalized spacial score (nSPS) is 29.8.